The molecule has 0 unspecified atom stereocenters. The Morgan fingerprint density at radius 1 is 1.44 bits per heavy atom. The topological polar surface area (TPSA) is 57.6 Å². The lowest BCUT2D eigenvalue weighted by Crippen LogP contribution is -2.50. The number of carboxylic acids is 1. The van der Waals surface area contributed by atoms with Crippen LogP contribution in [0.4, 0.5) is 4.39 Å². The Balaban J connectivity index is 2.01. The van der Waals surface area contributed by atoms with Crippen molar-refractivity contribution < 1.29 is 19.1 Å². The average molecular weight is 251 g/mol. The monoisotopic (exact) mass is 251 g/mol. The molecule has 96 valence electrons. The average Bonchev–Trinajstić information content (AvgIpc) is 2.25. The van der Waals surface area contributed by atoms with E-state index in [1.54, 1.807) is 17.9 Å². The zero-order chi connectivity index (χ0) is 13.3. The molecule has 0 bridgehead atoms. The molecular weight excluding hydrogens is 237 g/mol. The van der Waals surface area contributed by atoms with Crippen LogP contribution in [0, 0.1) is 18.7 Å². The van der Waals surface area contributed by atoms with Crippen LogP contribution in [-0.2, 0) is 4.79 Å². The highest BCUT2D eigenvalue weighted by Crippen LogP contribution is 2.23. The lowest BCUT2D eigenvalue weighted by Gasteiger charge is -2.38. The second-order valence-electron chi connectivity index (χ2n) is 4.63. The summed E-state index contributed by atoms with van der Waals surface area (Å²) in [5.74, 6) is -1.51. The number of halogens is 1. The normalized spacial score (nSPS) is 15.3. The van der Waals surface area contributed by atoms with Crippen LogP contribution in [0.25, 0.3) is 0 Å². The van der Waals surface area contributed by atoms with Crippen molar-refractivity contribution in [1.82, 2.24) is 4.90 Å². The maximum Gasteiger partial charge on any atom is 0.303 e. The van der Waals surface area contributed by atoms with E-state index in [1.165, 1.54) is 12.1 Å². The molecule has 1 aromatic rings. The first-order valence-corrected chi connectivity index (χ1v) is 5.74. The molecule has 1 aliphatic heterocycles. The first-order valence-electron chi connectivity index (χ1n) is 5.74. The van der Waals surface area contributed by atoms with Crippen molar-refractivity contribution in [1.29, 1.82) is 0 Å². The molecule has 5 heteroatoms. The van der Waals surface area contributed by atoms with Crippen molar-refractivity contribution in [3.8, 4) is 0 Å². The Morgan fingerprint density at radius 2 is 2.11 bits per heavy atom. The van der Waals surface area contributed by atoms with Crippen molar-refractivity contribution in [2.45, 2.75) is 13.3 Å². The number of rotatable bonds is 3. The SMILES string of the molecule is Cc1ccc(F)cc1C(=O)N1CC(CC(=O)O)C1. The van der Waals surface area contributed by atoms with E-state index in [2.05, 4.69) is 0 Å². The van der Waals surface area contributed by atoms with Gasteiger partial charge < -0.3 is 10.0 Å². The van der Waals surface area contributed by atoms with Gasteiger partial charge in [0.2, 0.25) is 0 Å². The molecule has 0 radical (unpaired) electrons. The number of benzene rings is 1. The van der Waals surface area contributed by atoms with Crippen LogP contribution < -0.4 is 0 Å². The lowest BCUT2D eigenvalue weighted by atomic mass is 9.94. The molecule has 1 N–H and O–H groups in total. The maximum atomic E-state index is 13.1. The number of carbonyl (C=O) groups is 2. The first-order chi connectivity index (χ1) is 8.47. The van der Waals surface area contributed by atoms with Gasteiger partial charge in [-0.2, -0.15) is 0 Å². The summed E-state index contributed by atoms with van der Waals surface area (Å²) in [6.07, 6.45) is 0.0753. The Kier molecular flexibility index (Phi) is 3.32. The highest BCUT2D eigenvalue weighted by molar-refractivity contribution is 5.96. The van der Waals surface area contributed by atoms with E-state index in [0.29, 0.717) is 18.7 Å². The highest BCUT2D eigenvalue weighted by Gasteiger charge is 2.33. The Bertz CT molecular complexity index is 495. The number of amides is 1. The van der Waals surface area contributed by atoms with Crippen LogP contribution in [0.5, 0.6) is 0 Å². The van der Waals surface area contributed by atoms with E-state index in [4.69, 9.17) is 5.11 Å². The number of likely N-dealkylation sites (tertiary alicyclic amines) is 1. The van der Waals surface area contributed by atoms with Gasteiger partial charge in [-0.05, 0) is 24.6 Å². The third-order valence-electron chi connectivity index (χ3n) is 3.14. The fraction of sp³-hybridized carbons (Fsp3) is 0.385. The third kappa shape index (κ3) is 2.50. The number of carboxylic acid groups (broad SMARTS) is 1. The fourth-order valence-corrected chi connectivity index (χ4v) is 2.11. The summed E-state index contributed by atoms with van der Waals surface area (Å²) in [7, 11) is 0. The Labute approximate surface area is 104 Å². The second-order valence-corrected chi connectivity index (χ2v) is 4.63. The first kappa shape index (κ1) is 12.5. The zero-order valence-corrected chi connectivity index (χ0v) is 10.0. The molecule has 1 amide bonds. The predicted molar refractivity (Wildman–Crippen MR) is 62.8 cm³/mol. The van der Waals surface area contributed by atoms with Gasteiger partial charge in [-0.1, -0.05) is 6.07 Å². The molecule has 1 heterocycles. The van der Waals surface area contributed by atoms with Gasteiger partial charge in [0.15, 0.2) is 0 Å². The second kappa shape index (κ2) is 4.76. The molecule has 0 aliphatic carbocycles. The van der Waals surface area contributed by atoms with Gasteiger partial charge in [0.25, 0.3) is 5.91 Å². The summed E-state index contributed by atoms with van der Waals surface area (Å²) in [5.41, 5.74) is 1.08. The maximum absolute atomic E-state index is 13.1. The van der Waals surface area contributed by atoms with Crippen LogP contribution in [-0.4, -0.2) is 35.0 Å². The Morgan fingerprint density at radius 3 is 2.72 bits per heavy atom. The van der Waals surface area contributed by atoms with Crippen LogP contribution in [0.2, 0.25) is 0 Å². The molecule has 0 atom stereocenters. The molecule has 0 saturated carbocycles. The van der Waals surface area contributed by atoms with E-state index in [1.807, 2.05) is 0 Å². The van der Waals surface area contributed by atoms with Crippen molar-refractivity contribution in [3.63, 3.8) is 0 Å². The van der Waals surface area contributed by atoms with Crippen LogP contribution in [0.15, 0.2) is 18.2 Å². The number of aryl methyl sites for hydroxylation is 1. The number of carbonyl (C=O) groups excluding carboxylic acids is 1. The molecule has 1 fully saturated rings. The number of hydrogen-bond acceptors (Lipinski definition) is 2. The van der Waals surface area contributed by atoms with Crippen molar-refractivity contribution in [3.05, 3.63) is 35.1 Å². The third-order valence-corrected chi connectivity index (χ3v) is 3.14. The van der Waals surface area contributed by atoms with Crippen molar-refractivity contribution in [2.75, 3.05) is 13.1 Å². The molecular formula is C13H14FNO3. The summed E-state index contributed by atoms with van der Waals surface area (Å²) in [6, 6.07) is 4.11. The fourth-order valence-electron chi connectivity index (χ4n) is 2.11. The molecule has 4 nitrogen and oxygen atoms in total. The van der Waals surface area contributed by atoms with Crippen molar-refractivity contribution in [2.24, 2.45) is 5.92 Å². The molecule has 1 saturated heterocycles. The lowest BCUT2D eigenvalue weighted by molar-refractivity contribution is -0.139. The minimum absolute atomic E-state index is 0.0142. The van der Waals surface area contributed by atoms with Gasteiger partial charge in [0.1, 0.15) is 5.82 Å². The van der Waals surface area contributed by atoms with Gasteiger partial charge in [-0.15, -0.1) is 0 Å². The predicted octanol–water partition coefficient (Wildman–Crippen LogP) is 1.68. The smallest absolute Gasteiger partial charge is 0.303 e. The minimum Gasteiger partial charge on any atom is -0.481 e. The molecule has 18 heavy (non-hydrogen) atoms. The number of aliphatic carboxylic acids is 1. The van der Waals surface area contributed by atoms with Crippen LogP contribution in [0.1, 0.15) is 22.3 Å². The number of nitrogens with zero attached hydrogens (tertiary/aromatic N) is 1. The molecule has 2 rings (SSSR count). The summed E-state index contributed by atoms with van der Waals surface area (Å²) >= 11 is 0. The quantitative estimate of drug-likeness (QED) is 0.889. The van der Waals surface area contributed by atoms with E-state index in [-0.39, 0.29) is 18.2 Å². The van der Waals surface area contributed by atoms with Gasteiger partial charge in [0.05, 0.1) is 6.42 Å². The van der Waals surface area contributed by atoms with E-state index in [0.717, 1.165) is 5.56 Å². The molecule has 0 aromatic heterocycles. The summed E-state index contributed by atoms with van der Waals surface area (Å²) in [4.78, 5) is 24.1. The molecule has 0 spiro atoms. The largest absolute Gasteiger partial charge is 0.481 e. The van der Waals surface area contributed by atoms with Crippen LogP contribution in [0.3, 0.4) is 0 Å². The van der Waals surface area contributed by atoms with Gasteiger partial charge in [-0.3, -0.25) is 9.59 Å². The van der Waals surface area contributed by atoms with E-state index >= 15 is 0 Å². The van der Waals surface area contributed by atoms with Gasteiger partial charge >= 0.3 is 5.97 Å². The zero-order valence-electron chi connectivity index (χ0n) is 10.0. The Hall–Kier alpha value is -1.91. The molecule has 1 aliphatic rings. The number of hydrogen-bond donors (Lipinski definition) is 1. The van der Waals surface area contributed by atoms with Gasteiger partial charge in [-0.25, -0.2) is 4.39 Å². The summed E-state index contributed by atoms with van der Waals surface area (Å²) in [6.45, 7) is 2.61. The standard InChI is InChI=1S/C13H14FNO3/c1-8-2-3-10(14)5-11(8)13(18)15-6-9(7-15)4-12(16)17/h2-3,5,9H,4,6-7H2,1H3,(H,16,17). The van der Waals surface area contributed by atoms with E-state index < -0.39 is 11.8 Å². The molecule has 1 aromatic carbocycles. The minimum atomic E-state index is -0.853. The van der Waals surface area contributed by atoms with Crippen molar-refractivity contribution >= 4 is 11.9 Å². The van der Waals surface area contributed by atoms with Crippen LogP contribution >= 0.6 is 0 Å². The summed E-state index contributed by atoms with van der Waals surface area (Å²) < 4.78 is 13.1. The van der Waals surface area contributed by atoms with Gasteiger partial charge in [0, 0.05) is 24.6 Å². The summed E-state index contributed by atoms with van der Waals surface area (Å²) in [5, 5.41) is 8.62. The van der Waals surface area contributed by atoms with E-state index in [9.17, 15) is 14.0 Å². The highest BCUT2D eigenvalue weighted by atomic mass is 19.1.